The van der Waals surface area contributed by atoms with Crippen LogP contribution in [0.2, 0.25) is 0 Å². The standard InChI is InChI=1S/C24H24N4O3/c1-16-13-28(14-17(2)31-16)23-22(26-20-10-6-7-11-21(20)27-23)19(12-25)24(29)30-15-18-8-4-3-5-9-18/h3-11,16-17,19H,13-15H2,1-2H3/t16-,17+,19-/m1/s1. The summed E-state index contributed by atoms with van der Waals surface area (Å²) in [7, 11) is 0. The number of nitrogens with zero attached hydrogens (tertiary/aromatic N) is 4. The average molecular weight is 416 g/mol. The number of carbonyl (C=O) groups excluding carboxylic acids is 1. The van der Waals surface area contributed by atoms with Crippen LogP contribution < -0.4 is 4.90 Å². The van der Waals surface area contributed by atoms with E-state index in [9.17, 15) is 10.1 Å². The van der Waals surface area contributed by atoms with Gasteiger partial charge in [-0.3, -0.25) is 4.79 Å². The lowest BCUT2D eigenvalue weighted by Gasteiger charge is -2.37. The molecule has 158 valence electrons. The molecule has 31 heavy (non-hydrogen) atoms. The Hall–Kier alpha value is -3.50. The van der Waals surface area contributed by atoms with Gasteiger partial charge in [0, 0.05) is 13.1 Å². The third-order valence-corrected chi connectivity index (χ3v) is 5.16. The molecular formula is C24H24N4O3. The van der Waals surface area contributed by atoms with E-state index < -0.39 is 11.9 Å². The first-order valence-electron chi connectivity index (χ1n) is 10.3. The van der Waals surface area contributed by atoms with Gasteiger partial charge in [-0.05, 0) is 31.5 Å². The highest BCUT2D eigenvalue weighted by molar-refractivity contribution is 5.85. The largest absolute Gasteiger partial charge is 0.460 e. The van der Waals surface area contributed by atoms with Gasteiger partial charge < -0.3 is 14.4 Å². The molecule has 3 atom stereocenters. The zero-order valence-electron chi connectivity index (χ0n) is 17.6. The maximum absolute atomic E-state index is 12.9. The molecule has 3 aromatic rings. The Kier molecular flexibility index (Phi) is 6.10. The van der Waals surface area contributed by atoms with Crippen molar-refractivity contribution < 1.29 is 14.3 Å². The molecule has 1 saturated heterocycles. The highest BCUT2D eigenvalue weighted by atomic mass is 16.5. The molecule has 0 spiro atoms. The second kappa shape index (κ2) is 9.11. The first kappa shape index (κ1) is 20.8. The summed E-state index contributed by atoms with van der Waals surface area (Å²) in [6, 6.07) is 18.9. The van der Waals surface area contributed by atoms with Crippen LogP contribution >= 0.6 is 0 Å². The van der Waals surface area contributed by atoms with Crippen molar-refractivity contribution >= 4 is 22.8 Å². The van der Waals surface area contributed by atoms with Crippen LogP contribution in [-0.2, 0) is 20.9 Å². The lowest BCUT2D eigenvalue weighted by molar-refractivity contribution is -0.145. The van der Waals surface area contributed by atoms with Crippen molar-refractivity contribution in [2.45, 2.75) is 38.6 Å². The molecule has 1 aromatic heterocycles. The van der Waals surface area contributed by atoms with E-state index in [0.29, 0.717) is 35.6 Å². The van der Waals surface area contributed by atoms with Crippen LogP contribution in [0.25, 0.3) is 11.0 Å². The van der Waals surface area contributed by atoms with Gasteiger partial charge in [-0.25, -0.2) is 9.97 Å². The number of hydrogen-bond donors (Lipinski definition) is 0. The van der Waals surface area contributed by atoms with Crippen LogP contribution in [0.15, 0.2) is 54.6 Å². The molecule has 1 aliphatic heterocycles. The van der Waals surface area contributed by atoms with Crippen LogP contribution in [0.3, 0.4) is 0 Å². The van der Waals surface area contributed by atoms with Crippen LogP contribution in [0, 0.1) is 11.3 Å². The number of nitriles is 1. The predicted molar refractivity (Wildman–Crippen MR) is 116 cm³/mol. The maximum Gasteiger partial charge on any atom is 0.330 e. The summed E-state index contributed by atoms with van der Waals surface area (Å²) in [4.78, 5) is 24.4. The van der Waals surface area contributed by atoms with Gasteiger partial charge in [0.15, 0.2) is 11.7 Å². The number of carbonyl (C=O) groups is 1. The summed E-state index contributed by atoms with van der Waals surface area (Å²) in [5, 5.41) is 9.88. The van der Waals surface area contributed by atoms with Crippen LogP contribution in [0.5, 0.6) is 0 Å². The van der Waals surface area contributed by atoms with Gasteiger partial charge in [-0.1, -0.05) is 42.5 Å². The molecule has 1 aliphatic rings. The normalized spacial score (nSPS) is 19.6. The Morgan fingerprint density at radius 2 is 1.71 bits per heavy atom. The summed E-state index contributed by atoms with van der Waals surface area (Å²) >= 11 is 0. The van der Waals surface area contributed by atoms with E-state index in [1.54, 1.807) is 0 Å². The van der Waals surface area contributed by atoms with E-state index in [1.165, 1.54) is 0 Å². The molecule has 0 radical (unpaired) electrons. The van der Waals surface area contributed by atoms with Crippen molar-refractivity contribution in [3.63, 3.8) is 0 Å². The lowest BCUT2D eigenvalue weighted by Crippen LogP contribution is -2.46. The van der Waals surface area contributed by atoms with Crippen molar-refractivity contribution in [3.05, 3.63) is 65.9 Å². The summed E-state index contributed by atoms with van der Waals surface area (Å²) in [5.74, 6) is -1.28. The van der Waals surface area contributed by atoms with Gasteiger partial charge in [0.05, 0.1) is 29.3 Å². The zero-order valence-corrected chi connectivity index (χ0v) is 17.6. The molecule has 2 aromatic carbocycles. The number of benzene rings is 2. The lowest BCUT2D eigenvalue weighted by atomic mass is 10.1. The van der Waals surface area contributed by atoms with Gasteiger partial charge >= 0.3 is 5.97 Å². The molecule has 0 aliphatic carbocycles. The summed E-state index contributed by atoms with van der Waals surface area (Å²) in [6.07, 6.45) is -0.00845. The minimum Gasteiger partial charge on any atom is -0.460 e. The highest BCUT2D eigenvalue weighted by Gasteiger charge is 2.32. The monoisotopic (exact) mass is 416 g/mol. The molecule has 0 bridgehead atoms. The Bertz CT molecular complexity index is 1100. The van der Waals surface area contributed by atoms with Gasteiger partial charge in [-0.2, -0.15) is 5.26 Å². The summed E-state index contributed by atoms with van der Waals surface area (Å²) in [6.45, 7) is 5.28. The van der Waals surface area contributed by atoms with Crippen molar-refractivity contribution in [1.82, 2.24) is 9.97 Å². The number of rotatable bonds is 5. The fraction of sp³-hybridized carbons (Fsp3) is 0.333. The number of fused-ring (bicyclic) bond motifs is 1. The Morgan fingerprint density at radius 1 is 1.10 bits per heavy atom. The highest BCUT2D eigenvalue weighted by Crippen LogP contribution is 2.30. The average Bonchev–Trinajstić information content (AvgIpc) is 2.78. The second-order valence-corrected chi connectivity index (χ2v) is 7.74. The van der Waals surface area contributed by atoms with E-state index in [1.807, 2.05) is 73.3 Å². The molecule has 2 heterocycles. The van der Waals surface area contributed by atoms with Crippen LogP contribution in [-0.4, -0.2) is 41.2 Å². The number of anilines is 1. The van der Waals surface area contributed by atoms with Crippen molar-refractivity contribution in [1.29, 1.82) is 5.26 Å². The van der Waals surface area contributed by atoms with Gasteiger partial charge in [0.1, 0.15) is 12.3 Å². The van der Waals surface area contributed by atoms with Crippen molar-refractivity contribution in [2.75, 3.05) is 18.0 Å². The van der Waals surface area contributed by atoms with Gasteiger partial charge in [0.25, 0.3) is 0 Å². The molecule has 1 fully saturated rings. The smallest absolute Gasteiger partial charge is 0.330 e. The van der Waals surface area contributed by atoms with Crippen molar-refractivity contribution in [2.24, 2.45) is 0 Å². The summed E-state index contributed by atoms with van der Waals surface area (Å²) < 4.78 is 11.3. The van der Waals surface area contributed by atoms with Crippen LogP contribution in [0.4, 0.5) is 5.82 Å². The zero-order chi connectivity index (χ0) is 21.8. The van der Waals surface area contributed by atoms with E-state index in [4.69, 9.17) is 14.5 Å². The first-order chi connectivity index (χ1) is 15.0. The first-order valence-corrected chi connectivity index (χ1v) is 10.3. The molecule has 0 N–H and O–H groups in total. The quantitative estimate of drug-likeness (QED) is 0.587. The number of hydrogen-bond acceptors (Lipinski definition) is 7. The Labute approximate surface area is 181 Å². The fourth-order valence-electron chi connectivity index (χ4n) is 3.82. The Balaban J connectivity index is 1.69. The molecule has 4 rings (SSSR count). The van der Waals surface area contributed by atoms with Crippen LogP contribution in [0.1, 0.15) is 31.0 Å². The van der Waals surface area contributed by atoms with E-state index in [-0.39, 0.29) is 18.8 Å². The number of aromatic nitrogens is 2. The minimum absolute atomic E-state index is 0.00422. The SMILES string of the molecule is C[C@@H]1CN(c2nc3ccccc3nc2[C@@H](C#N)C(=O)OCc2ccccc2)C[C@H](C)O1. The molecule has 7 heteroatoms. The number of morpholine rings is 1. The maximum atomic E-state index is 12.9. The van der Waals surface area contributed by atoms with Gasteiger partial charge in [-0.15, -0.1) is 0 Å². The predicted octanol–water partition coefficient (Wildman–Crippen LogP) is 3.59. The van der Waals surface area contributed by atoms with Crippen molar-refractivity contribution in [3.8, 4) is 6.07 Å². The van der Waals surface area contributed by atoms with E-state index in [2.05, 4.69) is 11.1 Å². The molecule has 0 amide bonds. The van der Waals surface area contributed by atoms with E-state index in [0.717, 1.165) is 5.56 Å². The number of para-hydroxylation sites is 2. The third-order valence-electron chi connectivity index (χ3n) is 5.16. The van der Waals surface area contributed by atoms with Gasteiger partial charge in [0.2, 0.25) is 0 Å². The second-order valence-electron chi connectivity index (χ2n) is 7.74. The third kappa shape index (κ3) is 4.65. The fourth-order valence-corrected chi connectivity index (χ4v) is 3.82. The van der Waals surface area contributed by atoms with E-state index >= 15 is 0 Å². The summed E-state index contributed by atoms with van der Waals surface area (Å²) in [5.41, 5.74) is 2.52. The minimum atomic E-state index is -1.18. The molecule has 7 nitrogen and oxygen atoms in total. The topological polar surface area (TPSA) is 88.3 Å². The number of ether oxygens (including phenoxy) is 2. The molecule has 0 unspecified atom stereocenters. The molecule has 0 saturated carbocycles. The number of esters is 1. The molecular weight excluding hydrogens is 392 g/mol. The Morgan fingerprint density at radius 3 is 2.35 bits per heavy atom.